The van der Waals surface area contributed by atoms with E-state index < -0.39 is 12.1 Å². The predicted molar refractivity (Wildman–Crippen MR) is 29.6 cm³/mol. The molecule has 2 nitrogen and oxygen atoms in total. The zero-order valence-corrected chi connectivity index (χ0v) is 5.44. The summed E-state index contributed by atoms with van der Waals surface area (Å²) in [6, 6.07) is 0. The number of halogens is 3. The highest BCUT2D eigenvalue weighted by Gasteiger charge is 2.43. The quantitative estimate of drug-likeness (QED) is 0.553. The van der Waals surface area contributed by atoms with Gasteiger partial charge in [0.15, 0.2) is 0 Å². The standard InChI is InChI=1S/C5H8F3N2/c1-10-3-4(2-9-10)5(6,7)8/h2,4,9H,3H2,1H3. The van der Waals surface area contributed by atoms with Crippen LogP contribution < -0.4 is 5.43 Å². The van der Waals surface area contributed by atoms with Crippen LogP contribution in [0.1, 0.15) is 0 Å². The topological polar surface area (TPSA) is 15.3 Å². The van der Waals surface area contributed by atoms with Crippen LogP contribution in [0.2, 0.25) is 0 Å². The van der Waals surface area contributed by atoms with Crippen LogP contribution in [0.4, 0.5) is 13.2 Å². The van der Waals surface area contributed by atoms with Crippen molar-refractivity contribution in [2.24, 2.45) is 5.92 Å². The number of hydrazine groups is 1. The van der Waals surface area contributed by atoms with E-state index in [4.69, 9.17) is 0 Å². The fourth-order valence-electron chi connectivity index (χ4n) is 0.816. The highest BCUT2D eigenvalue weighted by Crippen LogP contribution is 2.30. The molecule has 1 atom stereocenters. The molecule has 0 aromatic heterocycles. The van der Waals surface area contributed by atoms with E-state index in [1.807, 2.05) is 0 Å². The number of rotatable bonds is 0. The first-order valence-electron chi connectivity index (χ1n) is 2.87. The van der Waals surface area contributed by atoms with Crippen molar-refractivity contribution in [3.8, 4) is 0 Å². The van der Waals surface area contributed by atoms with Crippen molar-refractivity contribution in [2.75, 3.05) is 13.6 Å². The van der Waals surface area contributed by atoms with Crippen molar-refractivity contribution in [1.29, 1.82) is 0 Å². The van der Waals surface area contributed by atoms with E-state index in [1.165, 1.54) is 5.01 Å². The molecule has 1 saturated heterocycles. The Morgan fingerprint density at radius 1 is 1.60 bits per heavy atom. The van der Waals surface area contributed by atoms with E-state index >= 15 is 0 Å². The predicted octanol–water partition coefficient (Wildman–Crippen LogP) is 0.777. The molecule has 0 saturated carbocycles. The fraction of sp³-hybridized carbons (Fsp3) is 0.800. The van der Waals surface area contributed by atoms with Gasteiger partial charge in [0, 0.05) is 13.6 Å². The number of hydrogen-bond acceptors (Lipinski definition) is 2. The van der Waals surface area contributed by atoms with Gasteiger partial charge >= 0.3 is 6.18 Å². The van der Waals surface area contributed by atoms with Gasteiger partial charge in [-0.15, -0.1) is 0 Å². The number of nitrogens with zero attached hydrogens (tertiary/aromatic N) is 1. The largest absolute Gasteiger partial charge is 0.394 e. The monoisotopic (exact) mass is 153 g/mol. The molecular weight excluding hydrogens is 145 g/mol. The minimum absolute atomic E-state index is 0.00347. The molecule has 5 heteroatoms. The van der Waals surface area contributed by atoms with Gasteiger partial charge in [0.25, 0.3) is 0 Å². The minimum Gasteiger partial charge on any atom is -0.250 e. The molecule has 59 valence electrons. The molecule has 0 aromatic rings. The molecule has 0 aliphatic carbocycles. The summed E-state index contributed by atoms with van der Waals surface area (Å²) in [7, 11) is 1.57. The summed E-state index contributed by atoms with van der Waals surface area (Å²) >= 11 is 0. The summed E-state index contributed by atoms with van der Waals surface area (Å²) in [5, 5.41) is 1.40. The van der Waals surface area contributed by atoms with Gasteiger partial charge in [-0.25, -0.2) is 5.01 Å². The van der Waals surface area contributed by atoms with E-state index in [-0.39, 0.29) is 6.54 Å². The molecule has 1 radical (unpaired) electrons. The average molecular weight is 153 g/mol. The molecule has 1 unspecified atom stereocenters. The SMILES string of the molecule is CN1CC(C(F)(F)F)[CH]N1. The molecule has 1 heterocycles. The van der Waals surface area contributed by atoms with Gasteiger partial charge in [-0.2, -0.15) is 13.2 Å². The zero-order valence-electron chi connectivity index (χ0n) is 5.44. The van der Waals surface area contributed by atoms with Crippen LogP contribution in [0.3, 0.4) is 0 Å². The van der Waals surface area contributed by atoms with E-state index in [0.717, 1.165) is 6.54 Å². The van der Waals surface area contributed by atoms with Crippen LogP contribution in [0, 0.1) is 12.5 Å². The zero-order chi connectivity index (χ0) is 7.78. The molecule has 1 rings (SSSR count). The lowest BCUT2D eigenvalue weighted by atomic mass is 10.1. The second-order valence-corrected chi connectivity index (χ2v) is 2.32. The highest BCUT2D eigenvalue weighted by molar-refractivity contribution is 4.86. The molecule has 1 aliphatic rings. The van der Waals surface area contributed by atoms with E-state index in [9.17, 15) is 13.2 Å². The van der Waals surface area contributed by atoms with Crippen LogP contribution >= 0.6 is 0 Å². The van der Waals surface area contributed by atoms with Crippen molar-refractivity contribution >= 4 is 0 Å². The molecule has 1 aliphatic heterocycles. The van der Waals surface area contributed by atoms with Gasteiger partial charge in [0.1, 0.15) is 0 Å². The van der Waals surface area contributed by atoms with Crippen LogP contribution in [0.15, 0.2) is 0 Å². The lowest BCUT2D eigenvalue weighted by molar-refractivity contribution is -0.162. The average Bonchev–Trinajstić information content (AvgIpc) is 2.11. The molecule has 10 heavy (non-hydrogen) atoms. The van der Waals surface area contributed by atoms with E-state index in [2.05, 4.69) is 5.43 Å². The fourth-order valence-corrected chi connectivity index (χ4v) is 0.816. The summed E-state index contributed by atoms with van der Waals surface area (Å²) in [5.41, 5.74) is 2.46. The molecule has 1 N–H and O–H groups in total. The summed E-state index contributed by atoms with van der Waals surface area (Å²) in [6.07, 6.45) is -4.10. The molecule has 0 spiro atoms. The Balaban J connectivity index is 2.45. The third kappa shape index (κ3) is 1.60. The van der Waals surface area contributed by atoms with Crippen molar-refractivity contribution in [3.63, 3.8) is 0 Å². The normalized spacial score (nSPS) is 29.4. The van der Waals surface area contributed by atoms with Gasteiger partial charge in [0.2, 0.25) is 0 Å². The molecule has 0 bridgehead atoms. The van der Waals surface area contributed by atoms with Gasteiger partial charge in [-0.05, 0) is 0 Å². The van der Waals surface area contributed by atoms with E-state index in [1.54, 1.807) is 7.05 Å². The molecule has 0 amide bonds. The minimum atomic E-state index is -4.10. The Kier molecular flexibility index (Phi) is 1.87. The summed E-state index contributed by atoms with van der Waals surface area (Å²) in [4.78, 5) is 0. The maximum Gasteiger partial charge on any atom is 0.394 e. The van der Waals surface area contributed by atoms with Gasteiger partial charge in [0.05, 0.1) is 12.5 Å². The summed E-state index contributed by atoms with van der Waals surface area (Å²) in [5.74, 6) is -1.32. The molecular formula is C5H8F3N2. The van der Waals surface area contributed by atoms with Gasteiger partial charge in [-0.1, -0.05) is 0 Å². The Labute approximate surface area is 57.0 Å². The Morgan fingerprint density at radius 2 is 2.20 bits per heavy atom. The maximum atomic E-state index is 11.8. The number of nitrogens with one attached hydrogen (secondary N) is 1. The van der Waals surface area contributed by atoms with Crippen molar-refractivity contribution in [1.82, 2.24) is 10.4 Å². The van der Waals surface area contributed by atoms with Crippen molar-refractivity contribution in [2.45, 2.75) is 6.18 Å². The second kappa shape index (κ2) is 2.39. The van der Waals surface area contributed by atoms with Crippen LogP contribution in [-0.4, -0.2) is 24.8 Å². The van der Waals surface area contributed by atoms with Gasteiger partial charge in [-0.3, -0.25) is 5.43 Å². The first-order chi connectivity index (χ1) is 4.50. The number of alkyl halides is 3. The van der Waals surface area contributed by atoms with Crippen LogP contribution in [0.5, 0.6) is 0 Å². The first kappa shape index (κ1) is 7.81. The second-order valence-electron chi connectivity index (χ2n) is 2.32. The Hall–Kier alpha value is -0.290. The van der Waals surface area contributed by atoms with E-state index in [0.29, 0.717) is 0 Å². The van der Waals surface area contributed by atoms with Gasteiger partial charge < -0.3 is 0 Å². The number of hydrogen-bond donors (Lipinski definition) is 1. The molecule has 0 aromatic carbocycles. The summed E-state index contributed by atoms with van der Waals surface area (Å²) in [6.45, 7) is 1.06. The highest BCUT2D eigenvalue weighted by atomic mass is 19.4. The summed E-state index contributed by atoms with van der Waals surface area (Å²) < 4.78 is 35.5. The Bertz CT molecular complexity index is 123. The van der Waals surface area contributed by atoms with Crippen LogP contribution in [-0.2, 0) is 0 Å². The lowest BCUT2D eigenvalue weighted by Gasteiger charge is -2.11. The maximum absolute atomic E-state index is 11.8. The Morgan fingerprint density at radius 3 is 2.40 bits per heavy atom. The smallest absolute Gasteiger partial charge is 0.250 e. The lowest BCUT2D eigenvalue weighted by Crippen LogP contribution is -2.26. The van der Waals surface area contributed by atoms with Crippen LogP contribution in [0.25, 0.3) is 0 Å². The third-order valence-electron chi connectivity index (χ3n) is 1.39. The third-order valence-corrected chi connectivity index (χ3v) is 1.39. The first-order valence-corrected chi connectivity index (χ1v) is 2.87. The van der Waals surface area contributed by atoms with Crippen molar-refractivity contribution < 1.29 is 13.2 Å². The molecule has 1 fully saturated rings. The van der Waals surface area contributed by atoms with Crippen molar-refractivity contribution in [3.05, 3.63) is 6.54 Å².